The first-order valence-corrected chi connectivity index (χ1v) is 13.1. The van der Waals surface area contributed by atoms with E-state index in [9.17, 15) is 5.11 Å². The molecule has 1 aliphatic rings. The smallest absolute Gasteiger partial charge is 0.132 e. The molecular weight excluding hydrogens is 549 g/mol. The summed E-state index contributed by atoms with van der Waals surface area (Å²) in [5, 5.41) is 10.3. The molecule has 0 bridgehead atoms. The van der Waals surface area contributed by atoms with Crippen molar-refractivity contribution in [2.75, 3.05) is 51.9 Å². The monoisotopic (exact) mass is 583 g/mol. The minimum absolute atomic E-state index is 0.170. The minimum Gasteiger partial charge on any atom is -0.492 e. The summed E-state index contributed by atoms with van der Waals surface area (Å²) in [6.07, 6.45) is -0.519. The largest absolute Gasteiger partial charge is 0.492 e. The highest BCUT2D eigenvalue weighted by Gasteiger charge is 2.24. The Balaban J connectivity index is 1.57. The quantitative estimate of drug-likeness (QED) is 0.300. The van der Waals surface area contributed by atoms with Gasteiger partial charge >= 0.3 is 0 Å². The number of β-amino-alcohol motifs (C(OH)–C–C–N with tert-alkyl or cyclic N) is 1. The third kappa shape index (κ3) is 7.72. The molecule has 7 heteroatoms. The average Bonchev–Trinajstić information content (AvgIpc) is 2.82. The van der Waals surface area contributed by atoms with Gasteiger partial charge < -0.3 is 19.3 Å². The van der Waals surface area contributed by atoms with E-state index in [2.05, 4.69) is 72.5 Å². The number of ether oxygens (including phenoxy) is 3. The average molecular weight is 584 g/mol. The number of alkyl halides is 1. The van der Waals surface area contributed by atoms with Crippen molar-refractivity contribution in [1.29, 1.82) is 0 Å². The van der Waals surface area contributed by atoms with Crippen molar-refractivity contribution in [3.05, 3.63) is 57.2 Å². The van der Waals surface area contributed by atoms with Crippen LogP contribution in [0.1, 0.15) is 31.9 Å². The van der Waals surface area contributed by atoms with E-state index < -0.39 is 6.10 Å². The molecule has 0 aliphatic carbocycles. The normalized spacial score (nSPS) is 16.9. The van der Waals surface area contributed by atoms with E-state index in [0.717, 1.165) is 41.4 Å². The molecule has 1 fully saturated rings. The lowest BCUT2D eigenvalue weighted by atomic mass is 9.78. The van der Waals surface area contributed by atoms with Crippen molar-refractivity contribution in [2.45, 2.75) is 32.3 Å². The van der Waals surface area contributed by atoms with Gasteiger partial charge in [0.25, 0.3) is 0 Å². The highest BCUT2D eigenvalue weighted by atomic mass is 123. The Hall–Kier alpha value is -1.06. The van der Waals surface area contributed by atoms with Crippen LogP contribution in [0.4, 0.5) is 0 Å². The summed E-state index contributed by atoms with van der Waals surface area (Å²) in [4.78, 5) is 2.21. The van der Waals surface area contributed by atoms with Gasteiger partial charge in [-0.25, -0.2) is 0 Å². The number of rotatable bonds is 11. The zero-order chi connectivity index (χ0) is 23.8. The first-order valence-electron chi connectivity index (χ1n) is 11.5. The van der Waals surface area contributed by atoms with Gasteiger partial charge in [0, 0.05) is 36.8 Å². The molecule has 2 aromatic rings. The molecule has 182 valence electrons. The van der Waals surface area contributed by atoms with Gasteiger partial charge in [-0.15, -0.1) is 11.6 Å². The maximum atomic E-state index is 10.3. The molecule has 3 rings (SSSR count). The predicted octanol–water partition coefficient (Wildman–Crippen LogP) is 4.94. The fraction of sp³-hybridized carbons (Fsp3) is 0.538. The van der Waals surface area contributed by atoms with Crippen LogP contribution in [0.5, 0.6) is 11.5 Å². The Morgan fingerprint density at radius 2 is 1.73 bits per heavy atom. The molecule has 1 saturated heterocycles. The van der Waals surface area contributed by atoms with Crippen molar-refractivity contribution in [1.82, 2.24) is 4.90 Å². The molecule has 1 N–H and O–H groups in total. The Bertz CT molecular complexity index is 871. The van der Waals surface area contributed by atoms with E-state index in [1.807, 2.05) is 18.2 Å². The van der Waals surface area contributed by atoms with Gasteiger partial charge in [-0.2, -0.15) is 0 Å². The Morgan fingerprint density at radius 1 is 1.06 bits per heavy atom. The van der Waals surface area contributed by atoms with Crippen LogP contribution in [-0.2, 0) is 10.2 Å². The summed E-state index contributed by atoms with van der Waals surface area (Å²) >= 11 is 8.22. The summed E-state index contributed by atoms with van der Waals surface area (Å²) < 4.78 is 18.2. The van der Waals surface area contributed by atoms with Crippen LogP contribution in [0, 0.1) is 9.49 Å². The molecule has 0 radical (unpaired) electrons. The summed E-state index contributed by atoms with van der Waals surface area (Å²) in [5.74, 6) is 2.57. The number of halogens is 2. The lowest BCUT2D eigenvalue weighted by Crippen LogP contribution is -2.42. The van der Waals surface area contributed by atoms with E-state index >= 15 is 0 Å². The van der Waals surface area contributed by atoms with E-state index in [0.29, 0.717) is 24.9 Å². The molecule has 0 spiro atoms. The first kappa shape index (κ1) is 26.5. The standard InChI is InChI=1S/C26H35ClINO4/c1-19(15-27)17-33-25-9-6-21(14-24(25)28)26(2,3)20-4-7-23(8-5-20)32-18-22(30)16-29-10-12-31-13-11-29/h4-9,14,19,22,30H,10-13,15-18H2,1-3H3/t19-,22+/m1/s1/i28-4. The number of morpholine rings is 1. The molecule has 0 unspecified atom stereocenters. The van der Waals surface area contributed by atoms with Crippen LogP contribution in [0.25, 0.3) is 0 Å². The van der Waals surface area contributed by atoms with Crippen molar-refractivity contribution in [2.24, 2.45) is 5.92 Å². The zero-order valence-corrected chi connectivity index (χ0v) is 22.6. The second-order valence-electron chi connectivity index (χ2n) is 9.24. The second kappa shape index (κ2) is 12.6. The number of hydrogen-bond acceptors (Lipinski definition) is 5. The summed E-state index contributed by atoms with van der Waals surface area (Å²) in [5.41, 5.74) is 2.25. The highest BCUT2D eigenvalue weighted by Crippen LogP contribution is 2.35. The number of nitrogens with zero attached hydrogens (tertiary/aromatic N) is 1. The lowest BCUT2D eigenvalue weighted by Gasteiger charge is -2.28. The minimum atomic E-state index is -0.519. The number of aliphatic hydroxyl groups excluding tert-OH is 1. The number of benzene rings is 2. The van der Waals surface area contributed by atoms with E-state index in [1.54, 1.807) is 0 Å². The topological polar surface area (TPSA) is 51.2 Å². The summed E-state index contributed by atoms with van der Waals surface area (Å²) in [7, 11) is 0. The third-order valence-electron chi connectivity index (χ3n) is 6.03. The Labute approximate surface area is 216 Å². The van der Waals surface area contributed by atoms with Crippen molar-refractivity contribution in [3.63, 3.8) is 0 Å². The van der Waals surface area contributed by atoms with Crippen LogP contribution in [0.3, 0.4) is 0 Å². The van der Waals surface area contributed by atoms with E-state index in [-0.39, 0.29) is 12.0 Å². The van der Waals surface area contributed by atoms with Crippen LogP contribution in [0.15, 0.2) is 42.5 Å². The molecule has 33 heavy (non-hydrogen) atoms. The molecule has 1 aliphatic heterocycles. The SMILES string of the molecule is C[C@H](CCl)COc1ccc(C(C)(C)c2ccc(OC[C@@H](O)CN3CCOCC3)cc2)cc1[123I]. The summed E-state index contributed by atoms with van der Waals surface area (Å²) in [6, 6.07) is 14.5. The first-order chi connectivity index (χ1) is 15.8. The molecule has 0 saturated carbocycles. The van der Waals surface area contributed by atoms with Gasteiger partial charge in [-0.3, -0.25) is 4.90 Å². The van der Waals surface area contributed by atoms with Crippen LogP contribution >= 0.6 is 34.2 Å². The molecule has 2 aromatic carbocycles. The molecule has 0 aromatic heterocycles. The van der Waals surface area contributed by atoms with Crippen LogP contribution < -0.4 is 9.47 Å². The van der Waals surface area contributed by atoms with Crippen molar-refractivity contribution >= 4 is 34.2 Å². The Morgan fingerprint density at radius 3 is 2.36 bits per heavy atom. The van der Waals surface area contributed by atoms with Crippen LogP contribution in [0.2, 0.25) is 0 Å². The molecule has 1 heterocycles. The zero-order valence-electron chi connectivity index (χ0n) is 19.7. The van der Waals surface area contributed by atoms with Gasteiger partial charge in [-0.1, -0.05) is 39.0 Å². The Kier molecular flexibility index (Phi) is 10.1. The third-order valence-corrected chi connectivity index (χ3v) is 7.40. The highest BCUT2D eigenvalue weighted by molar-refractivity contribution is 14.1. The molecular formula is C26H35ClINO4. The fourth-order valence-corrected chi connectivity index (χ4v) is 4.50. The van der Waals surface area contributed by atoms with Crippen LogP contribution in [-0.4, -0.2) is 68.1 Å². The number of hydrogen-bond donors (Lipinski definition) is 1. The van der Waals surface area contributed by atoms with Gasteiger partial charge in [-0.05, 0) is 58.0 Å². The molecule has 2 atom stereocenters. The van der Waals surface area contributed by atoms with Gasteiger partial charge in [0.1, 0.15) is 24.2 Å². The second-order valence-corrected chi connectivity index (χ2v) is 10.7. The van der Waals surface area contributed by atoms with Gasteiger partial charge in [0.2, 0.25) is 0 Å². The lowest BCUT2D eigenvalue weighted by molar-refractivity contribution is 0.00465. The maximum absolute atomic E-state index is 10.3. The maximum Gasteiger partial charge on any atom is 0.132 e. The molecule has 0 amide bonds. The van der Waals surface area contributed by atoms with E-state index in [4.69, 9.17) is 25.8 Å². The molecule has 5 nitrogen and oxygen atoms in total. The van der Waals surface area contributed by atoms with Crippen molar-refractivity contribution < 1.29 is 19.3 Å². The predicted molar refractivity (Wildman–Crippen MR) is 142 cm³/mol. The van der Waals surface area contributed by atoms with Gasteiger partial charge in [0.15, 0.2) is 0 Å². The summed E-state index contributed by atoms with van der Waals surface area (Å²) in [6.45, 7) is 11.2. The van der Waals surface area contributed by atoms with E-state index in [1.165, 1.54) is 11.1 Å². The van der Waals surface area contributed by atoms with Crippen molar-refractivity contribution in [3.8, 4) is 11.5 Å². The van der Waals surface area contributed by atoms with Gasteiger partial charge in [0.05, 0.1) is 23.4 Å². The number of aliphatic hydroxyl groups is 1. The fourth-order valence-electron chi connectivity index (χ4n) is 3.74.